The summed E-state index contributed by atoms with van der Waals surface area (Å²) in [4.78, 5) is 9.95. The Morgan fingerprint density at radius 2 is 2.50 bits per heavy atom. The number of nitrogens with zero attached hydrogens (tertiary/aromatic N) is 1. The highest BCUT2D eigenvalue weighted by Gasteiger charge is 1.87. The fourth-order valence-corrected chi connectivity index (χ4v) is 0.500. The van der Waals surface area contributed by atoms with E-state index in [2.05, 4.69) is 0 Å². The van der Waals surface area contributed by atoms with Gasteiger partial charge in [0.15, 0.2) is 6.29 Å². The molecule has 42 valence electrons. The maximum Gasteiger partial charge on any atom is 0.151 e. The minimum atomic E-state index is 0.604. The van der Waals surface area contributed by atoms with Crippen LogP contribution < -0.4 is 5.84 Å². The third-order valence-electron chi connectivity index (χ3n) is 0.873. The molecule has 0 bridgehead atoms. The Morgan fingerprint density at radius 1 is 1.75 bits per heavy atom. The smallest absolute Gasteiger partial charge is 0.151 e. The van der Waals surface area contributed by atoms with Crippen molar-refractivity contribution in [2.24, 2.45) is 0 Å². The summed E-state index contributed by atoms with van der Waals surface area (Å²) in [5.74, 6) is 5.21. The number of aldehydes is 1. The Balaban J connectivity index is 3.00. The first-order valence-electron chi connectivity index (χ1n) is 2.21. The zero-order chi connectivity index (χ0) is 5.98. The molecular formula is C5H6N2O. The summed E-state index contributed by atoms with van der Waals surface area (Å²) in [5.41, 5.74) is 0.604. The number of carbonyl (C=O) groups excluding carboxylic acids is 1. The minimum absolute atomic E-state index is 0.604. The van der Waals surface area contributed by atoms with Crippen LogP contribution >= 0.6 is 0 Å². The monoisotopic (exact) mass is 110 g/mol. The van der Waals surface area contributed by atoms with Gasteiger partial charge in [0.1, 0.15) is 0 Å². The maximum atomic E-state index is 9.95. The summed E-state index contributed by atoms with van der Waals surface area (Å²) in [5, 5.41) is 0. The Hall–Kier alpha value is -1.25. The lowest BCUT2D eigenvalue weighted by atomic mass is 10.4. The summed E-state index contributed by atoms with van der Waals surface area (Å²) in [6.07, 6.45) is 3.92. The van der Waals surface area contributed by atoms with Crippen molar-refractivity contribution in [3.8, 4) is 0 Å². The van der Waals surface area contributed by atoms with Crippen molar-refractivity contribution in [2.75, 3.05) is 5.84 Å². The van der Waals surface area contributed by atoms with E-state index in [0.29, 0.717) is 5.56 Å². The second-order valence-electron chi connectivity index (χ2n) is 1.51. The van der Waals surface area contributed by atoms with Crippen molar-refractivity contribution >= 4 is 6.29 Å². The SMILES string of the molecule is Nn1ccc(C=O)c1. The van der Waals surface area contributed by atoms with E-state index in [1.54, 1.807) is 18.5 Å². The van der Waals surface area contributed by atoms with Gasteiger partial charge in [-0.1, -0.05) is 0 Å². The largest absolute Gasteiger partial charge is 0.340 e. The zero-order valence-corrected chi connectivity index (χ0v) is 4.24. The molecule has 0 radical (unpaired) electrons. The molecule has 0 aliphatic rings. The van der Waals surface area contributed by atoms with Crippen LogP contribution in [-0.4, -0.2) is 11.0 Å². The number of hydrogen-bond donors (Lipinski definition) is 1. The van der Waals surface area contributed by atoms with Crippen LogP contribution in [0.5, 0.6) is 0 Å². The van der Waals surface area contributed by atoms with Crippen LogP contribution in [0.15, 0.2) is 18.5 Å². The van der Waals surface area contributed by atoms with E-state index in [9.17, 15) is 4.79 Å². The van der Waals surface area contributed by atoms with Crippen molar-refractivity contribution in [3.63, 3.8) is 0 Å². The van der Waals surface area contributed by atoms with Crippen LogP contribution in [0.25, 0.3) is 0 Å². The molecule has 3 heteroatoms. The topological polar surface area (TPSA) is 48.0 Å². The highest BCUT2D eigenvalue weighted by Crippen LogP contribution is 1.91. The van der Waals surface area contributed by atoms with Crippen molar-refractivity contribution < 1.29 is 4.79 Å². The molecule has 0 aromatic carbocycles. The van der Waals surface area contributed by atoms with Gasteiger partial charge in [0.05, 0.1) is 0 Å². The normalized spacial score (nSPS) is 9.00. The molecule has 8 heavy (non-hydrogen) atoms. The Bertz CT molecular complexity index is 192. The Labute approximate surface area is 46.7 Å². The van der Waals surface area contributed by atoms with Crippen LogP contribution in [0.2, 0.25) is 0 Å². The molecule has 0 atom stereocenters. The van der Waals surface area contributed by atoms with Gasteiger partial charge in [0, 0.05) is 18.0 Å². The molecule has 0 aliphatic heterocycles. The maximum absolute atomic E-state index is 9.95. The quantitative estimate of drug-likeness (QED) is 0.409. The summed E-state index contributed by atoms with van der Waals surface area (Å²) in [6, 6.07) is 1.65. The highest BCUT2D eigenvalue weighted by molar-refractivity contribution is 5.74. The predicted molar refractivity (Wildman–Crippen MR) is 30.0 cm³/mol. The van der Waals surface area contributed by atoms with Gasteiger partial charge < -0.3 is 5.84 Å². The first-order valence-corrected chi connectivity index (χ1v) is 2.21. The minimum Gasteiger partial charge on any atom is -0.340 e. The van der Waals surface area contributed by atoms with E-state index in [1.165, 1.54) is 4.68 Å². The Morgan fingerprint density at radius 3 is 2.75 bits per heavy atom. The molecule has 1 aromatic heterocycles. The van der Waals surface area contributed by atoms with Crippen molar-refractivity contribution in [1.29, 1.82) is 0 Å². The van der Waals surface area contributed by atoms with E-state index in [-0.39, 0.29) is 0 Å². The van der Waals surface area contributed by atoms with E-state index in [0.717, 1.165) is 6.29 Å². The van der Waals surface area contributed by atoms with Gasteiger partial charge in [-0.3, -0.25) is 9.47 Å². The lowest BCUT2D eigenvalue weighted by Crippen LogP contribution is -2.02. The van der Waals surface area contributed by atoms with E-state index >= 15 is 0 Å². The molecule has 1 heterocycles. The first kappa shape index (κ1) is 4.90. The van der Waals surface area contributed by atoms with Gasteiger partial charge in [-0.15, -0.1) is 0 Å². The third kappa shape index (κ3) is 0.703. The van der Waals surface area contributed by atoms with Crippen molar-refractivity contribution in [2.45, 2.75) is 0 Å². The summed E-state index contributed by atoms with van der Waals surface area (Å²) < 4.78 is 1.34. The lowest BCUT2D eigenvalue weighted by Gasteiger charge is -1.82. The predicted octanol–water partition coefficient (Wildman–Crippen LogP) is 0.0144. The number of carbonyl (C=O) groups is 1. The van der Waals surface area contributed by atoms with Crippen molar-refractivity contribution in [3.05, 3.63) is 24.0 Å². The summed E-state index contributed by atoms with van der Waals surface area (Å²) >= 11 is 0. The second kappa shape index (κ2) is 1.69. The second-order valence-corrected chi connectivity index (χ2v) is 1.51. The number of nitrogen functional groups attached to an aromatic ring is 1. The number of aromatic nitrogens is 1. The van der Waals surface area contributed by atoms with E-state index in [1.807, 2.05) is 0 Å². The molecule has 0 saturated carbocycles. The molecule has 0 saturated heterocycles. The van der Waals surface area contributed by atoms with E-state index < -0.39 is 0 Å². The molecule has 1 rings (SSSR count). The van der Waals surface area contributed by atoms with Gasteiger partial charge in [-0.2, -0.15) is 0 Å². The molecule has 2 N–H and O–H groups in total. The summed E-state index contributed by atoms with van der Waals surface area (Å²) in [6.45, 7) is 0. The molecule has 0 aliphatic carbocycles. The van der Waals surface area contributed by atoms with Gasteiger partial charge in [0.2, 0.25) is 0 Å². The molecule has 0 fully saturated rings. The molecule has 0 amide bonds. The molecular weight excluding hydrogens is 104 g/mol. The lowest BCUT2D eigenvalue weighted by molar-refractivity contribution is 0.112. The van der Waals surface area contributed by atoms with Gasteiger partial charge in [-0.05, 0) is 6.07 Å². The molecule has 0 unspecified atom stereocenters. The van der Waals surface area contributed by atoms with Gasteiger partial charge >= 0.3 is 0 Å². The standard InChI is InChI=1S/C5H6N2O/c6-7-2-1-5(3-7)4-8/h1-4H,6H2. The van der Waals surface area contributed by atoms with Crippen LogP contribution in [0, 0.1) is 0 Å². The van der Waals surface area contributed by atoms with Crippen LogP contribution in [0.4, 0.5) is 0 Å². The average molecular weight is 110 g/mol. The number of nitrogens with two attached hydrogens (primary N) is 1. The summed E-state index contributed by atoms with van der Waals surface area (Å²) in [7, 11) is 0. The average Bonchev–Trinajstić information content (AvgIpc) is 2.14. The Kier molecular flexibility index (Phi) is 1.04. The highest BCUT2D eigenvalue weighted by atomic mass is 16.1. The molecule has 0 spiro atoms. The fourth-order valence-electron chi connectivity index (χ4n) is 0.500. The van der Waals surface area contributed by atoms with Gasteiger partial charge in [-0.25, -0.2) is 0 Å². The molecule has 3 nitrogen and oxygen atoms in total. The molecule has 1 aromatic rings. The zero-order valence-electron chi connectivity index (χ0n) is 4.24. The first-order chi connectivity index (χ1) is 3.83. The third-order valence-corrected chi connectivity index (χ3v) is 0.873. The van der Waals surface area contributed by atoms with E-state index in [4.69, 9.17) is 5.84 Å². The van der Waals surface area contributed by atoms with Crippen LogP contribution in [-0.2, 0) is 0 Å². The van der Waals surface area contributed by atoms with Gasteiger partial charge in [0.25, 0.3) is 0 Å². The van der Waals surface area contributed by atoms with Crippen molar-refractivity contribution in [1.82, 2.24) is 4.68 Å². The van der Waals surface area contributed by atoms with Crippen LogP contribution in [0.1, 0.15) is 10.4 Å². The van der Waals surface area contributed by atoms with Crippen LogP contribution in [0.3, 0.4) is 0 Å². The number of hydrogen-bond acceptors (Lipinski definition) is 2. The fraction of sp³-hybridized carbons (Fsp3) is 0. The number of rotatable bonds is 1.